The van der Waals surface area contributed by atoms with Crippen LogP contribution in [-0.4, -0.2) is 27.3 Å². The van der Waals surface area contributed by atoms with Crippen LogP contribution in [0.15, 0.2) is 45.0 Å². The van der Waals surface area contributed by atoms with Crippen molar-refractivity contribution in [2.24, 2.45) is 0 Å². The highest BCUT2D eigenvalue weighted by atomic mass is 32.3. The molecule has 0 atom stereocenters. The minimum atomic E-state index is -4.45. The minimum absolute atomic E-state index is 0.106. The number of fused-ring (bicyclic) bond motifs is 1. The van der Waals surface area contributed by atoms with E-state index in [1.54, 1.807) is 0 Å². The smallest absolute Gasteiger partial charge is 0.0674 e. The van der Waals surface area contributed by atoms with Crippen LogP contribution in [0.25, 0.3) is 10.8 Å². The zero-order valence-corrected chi connectivity index (χ0v) is 12.9. The Balaban J connectivity index is 2.66. The molecule has 0 spiro atoms. The van der Waals surface area contributed by atoms with Crippen LogP contribution in [0, 0.1) is 0 Å². The molecule has 0 fully saturated rings. The van der Waals surface area contributed by atoms with Gasteiger partial charge in [-0.05, 0) is 35.0 Å². The number of benzene rings is 2. The Morgan fingerprint density at radius 1 is 0.955 bits per heavy atom. The molecule has 0 amide bonds. The Labute approximate surface area is 131 Å². The van der Waals surface area contributed by atoms with E-state index in [0.29, 0.717) is 16.9 Å². The molecule has 0 bridgehead atoms. The highest BCUT2D eigenvalue weighted by Gasteiger charge is 2.16. The summed E-state index contributed by atoms with van der Waals surface area (Å²) >= 11 is 0.535. The van der Waals surface area contributed by atoms with Gasteiger partial charge >= 0.3 is 0 Å². The van der Waals surface area contributed by atoms with Crippen LogP contribution in [-0.2, 0) is 9.37 Å². The fourth-order valence-electron chi connectivity index (χ4n) is 1.77. The van der Waals surface area contributed by atoms with Crippen LogP contribution in [0.3, 0.4) is 0 Å². The third kappa shape index (κ3) is 4.02. The maximum atomic E-state index is 11.5. The molecule has 0 aliphatic carbocycles. The van der Waals surface area contributed by atoms with Gasteiger partial charge in [0.05, 0.1) is 12.0 Å². The summed E-state index contributed by atoms with van der Waals surface area (Å²) in [5, 5.41) is 13.2. The summed E-state index contributed by atoms with van der Waals surface area (Å²) in [6.07, 6.45) is 0. The van der Waals surface area contributed by atoms with E-state index in [1.807, 2.05) is 0 Å². The van der Waals surface area contributed by atoms with E-state index in [1.165, 1.54) is 18.2 Å². The lowest BCUT2D eigenvalue weighted by Crippen LogP contribution is -2.02. The summed E-state index contributed by atoms with van der Waals surface area (Å²) in [7, 11) is -8.87. The lowest BCUT2D eigenvalue weighted by molar-refractivity contribution is -0.777. The third-order valence-electron chi connectivity index (χ3n) is 2.61. The van der Waals surface area contributed by atoms with Gasteiger partial charge in [-0.1, -0.05) is 27.8 Å². The summed E-state index contributed by atoms with van der Waals surface area (Å²) in [5.74, 6) is 0. The van der Waals surface area contributed by atoms with Crippen LogP contribution in [0.1, 0.15) is 0 Å². The molecule has 9 nitrogen and oxygen atoms in total. The fourth-order valence-corrected chi connectivity index (χ4v) is 3.55. The summed E-state index contributed by atoms with van der Waals surface area (Å²) < 4.78 is 64.0. The average Bonchev–Trinajstić information content (AvgIpc) is 2.41. The molecule has 0 saturated heterocycles. The molecule has 124 valence electrons. The molecule has 22 heavy (non-hydrogen) atoms. The summed E-state index contributed by atoms with van der Waals surface area (Å²) in [4.78, 5) is -0.765. The van der Waals surface area contributed by atoms with E-state index >= 15 is 0 Å². The van der Waals surface area contributed by atoms with Crippen molar-refractivity contribution in [3.63, 3.8) is 0 Å². The van der Waals surface area contributed by atoms with Crippen LogP contribution >= 0.6 is 33.8 Å². The van der Waals surface area contributed by atoms with Crippen molar-refractivity contribution >= 4 is 44.6 Å². The van der Waals surface area contributed by atoms with E-state index in [-0.39, 0.29) is 10.8 Å². The van der Waals surface area contributed by atoms with E-state index in [2.05, 4.69) is 9.37 Å². The molecular formula is C10H9O9S3-3. The Bertz CT molecular complexity index is 680. The SMILES string of the molecule is [O-]OOSc1ccc2c(S([O-])(O)O)cc(S([O-])(O)O)cc2c1. The Morgan fingerprint density at radius 3 is 2.18 bits per heavy atom. The van der Waals surface area contributed by atoms with Gasteiger partial charge in [0.2, 0.25) is 0 Å². The normalized spacial score (nSPS) is 14.3. The molecule has 0 aromatic heterocycles. The summed E-state index contributed by atoms with van der Waals surface area (Å²) in [6, 6.07) is 5.91. The fraction of sp³-hybridized carbons (Fsp3) is 0. The molecule has 2 aromatic carbocycles. The summed E-state index contributed by atoms with van der Waals surface area (Å²) in [5.41, 5.74) is 0. The maximum absolute atomic E-state index is 11.5. The van der Waals surface area contributed by atoms with Gasteiger partial charge in [-0.2, -0.15) is 4.33 Å². The van der Waals surface area contributed by atoms with E-state index in [9.17, 15) is 32.6 Å². The average molecular weight is 369 g/mol. The lowest BCUT2D eigenvalue weighted by Gasteiger charge is -2.38. The van der Waals surface area contributed by atoms with Gasteiger partial charge in [-0.3, -0.25) is 5.04 Å². The standard InChI is InChI=1S/C10H12O9S3/c11-18-19-20-7-1-2-9-6(3-7)4-8(21(12,13)14)5-10(9)22(15,16)17/h1-5,11-17H/p-3. The van der Waals surface area contributed by atoms with Crippen molar-refractivity contribution < 1.29 is 41.9 Å². The number of hydrogen-bond donors (Lipinski definition) is 4. The highest BCUT2D eigenvalue weighted by Crippen LogP contribution is 2.52. The van der Waals surface area contributed by atoms with E-state index in [0.717, 1.165) is 12.1 Å². The molecule has 0 radical (unpaired) electrons. The van der Waals surface area contributed by atoms with Gasteiger partial charge in [-0.15, -0.1) is 0 Å². The second-order valence-electron chi connectivity index (χ2n) is 4.02. The Morgan fingerprint density at radius 2 is 1.64 bits per heavy atom. The number of hydrogen-bond acceptors (Lipinski definition) is 10. The second-order valence-corrected chi connectivity index (χ2v) is 7.69. The van der Waals surface area contributed by atoms with E-state index < -0.39 is 31.5 Å². The first kappa shape index (κ1) is 17.7. The van der Waals surface area contributed by atoms with E-state index in [4.69, 9.17) is 0 Å². The quantitative estimate of drug-likeness (QED) is 0.349. The minimum Gasteiger partial charge on any atom is -0.769 e. The molecule has 0 aliphatic rings. The van der Waals surface area contributed by atoms with Crippen molar-refractivity contribution in [1.29, 1.82) is 0 Å². The first-order valence-corrected chi connectivity index (χ1v) is 9.00. The van der Waals surface area contributed by atoms with Gasteiger partial charge in [-0.25, -0.2) is 0 Å². The first-order valence-electron chi connectivity index (χ1n) is 5.32. The molecule has 0 aliphatic heterocycles. The number of rotatable bonds is 5. The molecule has 0 saturated carbocycles. The maximum Gasteiger partial charge on any atom is 0.0674 e. The largest absolute Gasteiger partial charge is 0.769 e. The lowest BCUT2D eigenvalue weighted by atomic mass is 10.1. The zero-order chi connectivity index (χ0) is 16.5. The van der Waals surface area contributed by atoms with Gasteiger partial charge in [0.15, 0.2) is 0 Å². The van der Waals surface area contributed by atoms with Crippen LogP contribution in [0.4, 0.5) is 0 Å². The summed E-state index contributed by atoms with van der Waals surface area (Å²) in [6.45, 7) is 0. The van der Waals surface area contributed by atoms with Crippen molar-refractivity contribution in [3.05, 3.63) is 30.3 Å². The predicted octanol–water partition coefficient (Wildman–Crippen LogP) is 2.55. The molecule has 2 aromatic rings. The zero-order valence-electron chi connectivity index (χ0n) is 10.4. The van der Waals surface area contributed by atoms with Crippen molar-refractivity contribution in [2.75, 3.05) is 0 Å². The van der Waals surface area contributed by atoms with Gasteiger partial charge in [0, 0.05) is 14.7 Å². The van der Waals surface area contributed by atoms with Crippen molar-refractivity contribution in [2.45, 2.75) is 14.7 Å². The van der Waals surface area contributed by atoms with Crippen molar-refractivity contribution in [1.82, 2.24) is 0 Å². The predicted molar refractivity (Wildman–Crippen MR) is 75.8 cm³/mol. The van der Waals surface area contributed by atoms with Gasteiger partial charge < -0.3 is 32.6 Å². The Hall–Kier alpha value is -0.610. The molecule has 0 unspecified atom stereocenters. The van der Waals surface area contributed by atoms with Crippen LogP contribution < -0.4 is 5.26 Å². The second kappa shape index (κ2) is 6.48. The van der Waals surface area contributed by atoms with Gasteiger partial charge in [0.25, 0.3) is 0 Å². The third-order valence-corrected chi connectivity index (χ3v) is 4.94. The molecule has 12 heteroatoms. The molecule has 4 N–H and O–H groups in total. The monoisotopic (exact) mass is 369 g/mol. The Kier molecular flexibility index (Phi) is 5.23. The van der Waals surface area contributed by atoms with Gasteiger partial charge in [0.1, 0.15) is 0 Å². The molecule has 0 heterocycles. The van der Waals surface area contributed by atoms with Crippen molar-refractivity contribution in [3.8, 4) is 0 Å². The topological polar surface area (TPSA) is 169 Å². The van der Waals surface area contributed by atoms with Crippen LogP contribution in [0.2, 0.25) is 0 Å². The van der Waals surface area contributed by atoms with Crippen LogP contribution in [0.5, 0.6) is 0 Å². The highest BCUT2D eigenvalue weighted by molar-refractivity contribution is 8.20. The molecular weight excluding hydrogens is 360 g/mol. The molecule has 2 rings (SSSR count). The first-order chi connectivity index (χ1) is 10.1.